The predicted molar refractivity (Wildman–Crippen MR) is 71.1 cm³/mol. The first-order valence-electron chi connectivity index (χ1n) is 7.02. The van der Waals surface area contributed by atoms with Crippen LogP contribution in [0.1, 0.15) is 39.0 Å². The minimum atomic E-state index is 0.183. The molecule has 2 N–H and O–H groups in total. The molecule has 4 heteroatoms. The zero-order chi connectivity index (χ0) is 12.3. The van der Waals surface area contributed by atoms with Gasteiger partial charge in [0.05, 0.1) is 6.54 Å². The first-order chi connectivity index (χ1) is 8.33. The van der Waals surface area contributed by atoms with Crippen LogP contribution in [-0.4, -0.2) is 50.1 Å². The molecule has 0 aromatic carbocycles. The molecule has 0 saturated carbocycles. The number of amides is 1. The minimum absolute atomic E-state index is 0.183. The summed E-state index contributed by atoms with van der Waals surface area (Å²) in [5.41, 5.74) is 0. The lowest BCUT2D eigenvalue weighted by Gasteiger charge is -2.26. The molecule has 1 saturated heterocycles. The molecule has 1 heterocycles. The highest BCUT2D eigenvalue weighted by atomic mass is 16.2. The Labute approximate surface area is 105 Å². The van der Waals surface area contributed by atoms with E-state index in [0.29, 0.717) is 6.54 Å². The molecule has 1 rings (SSSR count). The van der Waals surface area contributed by atoms with E-state index >= 15 is 0 Å². The van der Waals surface area contributed by atoms with E-state index in [1.54, 1.807) is 0 Å². The molecule has 4 nitrogen and oxygen atoms in total. The Balaban J connectivity index is 1.93. The molecule has 0 unspecified atom stereocenters. The third kappa shape index (κ3) is 7.34. The van der Waals surface area contributed by atoms with Gasteiger partial charge in [-0.15, -0.1) is 0 Å². The Kier molecular flexibility index (Phi) is 8.01. The topological polar surface area (TPSA) is 44.4 Å². The van der Waals surface area contributed by atoms with Crippen molar-refractivity contribution >= 4 is 5.91 Å². The second kappa shape index (κ2) is 9.42. The van der Waals surface area contributed by atoms with E-state index in [1.165, 1.54) is 25.7 Å². The van der Waals surface area contributed by atoms with Crippen LogP contribution in [0, 0.1) is 0 Å². The SMILES string of the molecule is CCCCCCCNC(=O)CN1CCNCC1. The molecular weight excluding hydrogens is 214 g/mol. The van der Waals surface area contributed by atoms with Gasteiger partial charge in [0.2, 0.25) is 5.91 Å². The van der Waals surface area contributed by atoms with Crippen molar-refractivity contribution < 1.29 is 4.79 Å². The monoisotopic (exact) mass is 241 g/mol. The van der Waals surface area contributed by atoms with Crippen LogP contribution in [-0.2, 0) is 4.79 Å². The van der Waals surface area contributed by atoms with Crippen LogP contribution in [0.4, 0.5) is 0 Å². The van der Waals surface area contributed by atoms with Crippen molar-refractivity contribution in [2.24, 2.45) is 0 Å². The van der Waals surface area contributed by atoms with Gasteiger partial charge in [-0.05, 0) is 6.42 Å². The normalized spacial score (nSPS) is 17.0. The molecule has 0 atom stereocenters. The molecule has 0 radical (unpaired) electrons. The molecular formula is C13H27N3O. The zero-order valence-corrected chi connectivity index (χ0v) is 11.1. The number of nitrogens with zero attached hydrogens (tertiary/aromatic N) is 1. The van der Waals surface area contributed by atoms with E-state index in [0.717, 1.165) is 39.1 Å². The van der Waals surface area contributed by atoms with E-state index in [4.69, 9.17) is 0 Å². The highest BCUT2D eigenvalue weighted by molar-refractivity contribution is 5.77. The van der Waals surface area contributed by atoms with Gasteiger partial charge in [0.15, 0.2) is 0 Å². The molecule has 0 aromatic rings. The summed E-state index contributed by atoms with van der Waals surface area (Å²) in [6, 6.07) is 0. The summed E-state index contributed by atoms with van der Waals surface area (Å²) in [5.74, 6) is 0.183. The predicted octanol–water partition coefficient (Wildman–Crippen LogP) is 0.978. The number of hydrogen-bond acceptors (Lipinski definition) is 3. The summed E-state index contributed by atoms with van der Waals surface area (Å²) in [6.07, 6.45) is 6.24. The first-order valence-corrected chi connectivity index (χ1v) is 7.02. The summed E-state index contributed by atoms with van der Waals surface area (Å²) >= 11 is 0. The van der Waals surface area contributed by atoms with E-state index < -0.39 is 0 Å². The van der Waals surface area contributed by atoms with Crippen LogP contribution in [0.5, 0.6) is 0 Å². The summed E-state index contributed by atoms with van der Waals surface area (Å²) < 4.78 is 0. The van der Waals surface area contributed by atoms with Crippen LogP contribution >= 0.6 is 0 Å². The standard InChI is InChI=1S/C13H27N3O/c1-2-3-4-5-6-7-15-13(17)12-16-10-8-14-9-11-16/h14H,2-12H2,1H3,(H,15,17). The third-order valence-corrected chi connectivity index (χ3v) is 3.18. The Bertz CT molecular complexity index is 203. The Morgan fingerprint density at radius 1 is 1.18 bits per heavy atom. The van der Waals surface area contributed by atoms with E-state index in [1.807, 2.05) is 0 Å². The second-order valence-electron chi connectivity index (χ2n) is 4.79. The lowest BCUT2D eigenvalue weighted by molar-refractivity contribution is -0.122. The highest BCUT2D eigenvalue weighted by Crippen LogP contribution is 2.01. The van der Waals surface area contributed by atoms with Crippen molar-refractivity contribution in [3.63, 3.8) is 0 Å². The fourth-order valence-corrected chi connectivity index (χ4v) is 2.08. The number of carbonyl (C=O) groups is 1. The van der Waals surface area contributed by atoms with Gasteiger partial charge in [0.1, 0.15) is 0 Å². The van der Waals surface area contributed by atoms with Crippen molar-refractivity contribution in [1.82, 2.24) is 15.5 Å². The van der Waals surface area contributed by atoms with Crippen molar-refractivity contribution in [3.8, 4) is 0 Å². The zero-order valence-electron chi connectivity index (χ0n) is 11.1. The lowest BCUT2D eigenvalue weighted by Crippen LogP contribution is -2.47. The lowest BCUT2D eigenvalue weighted by atomic mass is 10.1. The number of piperazine rings is 1. The van der Waals surface area contributed by atoms with Gasteiger partial charge in [-0.2, -0.15) is 0 Å². The number of carbonyl (C=O) groups excluding carboxylic acids is 1. The molecule has 1 fully saturated rings. The summed E-state index contributed by atoms with van der Waals surface area (Å²) in [4.78, 5) is 13.8. The van der Waals surface area contributed by atoms with E-state index in [9.17, 15) is 4.79 Å². The van der Waals surface area contributed by atoms with Gasteiger partial charge in [-0.3, -0.25) is 9.69 Å². The van der Waals surface area contributed by atoms with Crippen LogP contribution in [0.2, 0.25) is 0 Å². The quantitative estimate of drug-likeness (QED) is 0.623. The van der Waals surface area contributed by atoms with Gasteiger partial charge < -0.3 is 10.6 Å². The Hall–Kier alpha value is -0.610. The number of unbranched alkanes of at least 4 members (excludes halogenated alkanes) is 4. The summed E-state index contributed by atoms with van der Waals surface area (Å²) in [7, 11) is 0. The van der Waals surface area contributed by atoms with Gasteiger partial charge in [0, 0.05) is 32.7 Å². The van der Waals surface area contributed by atoms with Gasteiger partial charge >= 0.3 is 0 Å². The van der Waals surface area contributed by atoms with Crippen LogP contribution in [0.25, 0.3) is 0 Å². The maximum absolute atomic E-state index is 11.6. The summed E-state index contributed by atoms with van der Waals surface area (Å²) in [5, 5.41) is 6.29. The average Bonchev–Trinajstić information content (AvgIpc) is 2.35. The molecule has 0 bridgehead atoms. The fraction of sp³-hybridized carbons (Fsp3) is 0.923. The van der Waals surface area contributed by atoms with Crippen LogP contribution in [0.3, 0.4) is 0 Å². The van der Waals surface area contributed by atoms with Gasteiger partial charge in [-0.25, -0.2) is 0 Å². The molecule has 1 aliphatic rings. The number of rotatable bonds is 8. The fourth-order valence-electron chi connectivity index (χ4n) is 2.08. The maximum atomic E-state index is 11.6. The largest absolute Gasteiger partial charge is 0.355 e. The molecule has 100 valence electrons. The van der Waals surface area contributed by atoms with Crippen molar-refractivity contribution in [2.45, 2.75) is 39.0 Å². The second-order valence-corrected chi connectivity index (χ2v) is 4.79. The average molecular weight is 241 g/mol. The Morgan fingerprint density at radius 3 is 2.59 bits per heavy atom. The number of hydrogen-bond donors (Lipinski definition) is 2. The Morgan fingerprint density at radius 2 is 1.88 bits per heavy atom. The molecule has 17 heavy (non-hydrogen) atoms. The smallest absolute Gasteiger partial charge is 0.234 e. The highest BCUT2D eigenvalue weighted by Gasteiger charge is 2.12. The molecule has 0 aromatic heterocycles. The minimum Gasteiger partial charge on any atom is -0.355 e. The van der Waals surface area contributed by atoms with Crippen LogP contribution < -0.4 is 10.6 Å². The molecule has 0 spiro atoms. The first kappa shape index (κ1) is 14.5. The van der Waals surface area contributed by atoms with Crippen LogP contribution in [0.15, 0.2) is 0 Å². The van der Waals surface area contributed by atoms with Crippen molar-refractivity contribution in [1.29, 1.82) is 0 Å². The van der Waals surface area contributed by atoms with E-state index in [2.05, 4.69) is 22.5 Å². The molecule has 1 aliphatic heterocycles. The van der Waals surface area contributed by atoms with Gasteiger partial charge in [-0.1, -0.05) is 32.6 Å². The van der Waals surface area contributed by atoms with E-state index in [-0.39, 0.29) is 5.91 Å². The number of nitrogens with one attached hydrogen (secondary N) is 2. The van der Waals surface area contributed by atoms with Crippen molar-refractivity contribution in [3.05, 3.63) is 0 Å². The molecule has 0 aliphatic carbocycles. The maximum Gasteiger partial charge on any atom is 0.234 e. The third-order valence-electron chi connectivity index (χ3n) is 3.18. The molecule has 1 amide bonds. The summed E-state index contributed by atoms with van der Waals surface area (Å²) in [6.45, 7) is 7.61. The van der Waals surface area contributed by atoms with Crippen molar-refractivity contribution in [2.75, 3.05) is 39.3 Å². The van der Waals surface area contributed by atoms with Gasteiger partial charge in [0.25, 0.3) is 0 Å².